The second-order valence-corrected chi connectivity index (χ2v) is 3.75. The van der Waals surface area contributed by atoms with Gasteiger partial charge in [0.25, 0.3) is 0 Å². The van der Waals surface area contributed by atoms with E-state index in [4.69, 9.17) is 16.9 Å². The molecule has 1 aromatic carbocycles. The Labute approximate surface area is 105 Å². The second kappa shape index (κ2) is 6.58. The van der Waals surface area contributed by atoms with Crippen molar-refractivity contribution in [2.24, 2.45) is 0 Å². The highest BCUT2D eigenvalue weighted by atomic mass is 35.5. The van der Waals surface area contributed by atoms with Crippen molar-refractivity contribution in [2.75, 3.05) is 6.54 Å². The summed E-state index contributed by atoms with van der Waals surface area (Å²) in [5.41, 5.74) is 1.20. The van der Waals surface area contributed by atoms with Gasteiger partial charge in [-0.1, -0.05) is 23.4 Å². The third kappa shape index (κ3) is 4.59. The molecule has 3 nitrogen and oxygen atoms in total. The molecule has 0 heterocycles. The van der Waals surface area contributed by atoms with Crippen LogP contribution in [0.2, 0.25) is 5.02 Å². The fourth-order valence-electron chi connectivity index (χ4n) is 1.15. The Morgan fingerprint density at radius 1 is 1.53 bits per heavy atom. The van der Waals surface area contributed by atoms with Crippen LogP contribution in [0, 0.1) is 23.2 Å². The molecule has 0 saturated heterocycles. The number of rotatable bonds is 2. The Bertz CT molecular complexity index is 520. The van der Waals surface area contributed by atoms with Crippen LogP contribution in [0.4, 0.5) is 0 Å². The van der Waals surface area contributed by atoms with Gasteiger partial charge in [-0.2, -0.15) is 5.26 Å². The van der Waals surface area contributed by atoms with Gasteiger partial charge in [0.15, 0.2) is 0 Å². The molecular formula is C13H11ClN2O. The lowest BCUT2D eigenvalue weighted by molar-refractivity contribution is -0.118. The number of amides is 1. The molecule has 0 saturated carbocycles. The number of nitrogens with zero attached hydrogens (tertiary/aromatic N) is 1. The van der Waals surface area contributed by atoms with Crippen molar-refractivity contribution >= 4 is 17.5 Å². The van der Waals surface area contributed by atoms with Gasteiger partial charge < -0.3 is 5.32 Å². The van der Waals surface area contributed by atoms with E-state index in [9.17, 15) is 4.79 Å². The fraction of sp³-hybridized carbons (Fsp3) is 0.231. The molecule has 86 valence electrons. The first-order valence-electron chi connectivity index (χ1n) is 5.06. The van der Waals surface area contributed by atoms with Crippen LogP contribution < -0.4 is 5.32 Å². The van der Waals surface area contributed by atoms with Crippen molar-refractivity contribution in [1.82, 2.24) is 5.32 Å². The molecule has 1 rings (SSSR count). The van der Waals surface area contributed by atoms with Gasteiger partial charge in [0.1, 0.15) is 6.07 Å². The van der Waals surface area contributed by atoms with Crippen LogP contribution in [-0.4, -0.2) is 12.5 Å². The van der Waals surface area contributed by atoms with Crippen molar-refractivity contribution in [3.8, 4) is 17.9 Å². The number of carbonyl (C=O) groups is 1. The van der Waals surface area contributed by atoms with Crippen molar-refractivity contribution in [1.29, 1.82) is 5.26 Å². The van der Waals surface area contributed by atoms with Crippen LogP contribution in [0.25, 0.3) is 0 Å². The molecule has 17 heavy (non-hydrogen) atoms. The van der Waals surface area contributed by atoms with E-state index in [1.165, 1.54) is 6.92 Å². The average molecular weight is 247 g/mol. The quantitative estimate of drug-likeness (QED) is 0.642. The van der Waals surface area contributed by atoms with Gasteiger partial charge in [-0.3, -0.25) is 4.79 Å². The van der Waals surface area contributed by atoms with E-state index in [2.05, 4.69) is 17.2 Å². The van der Waals surface area contributed by atoms with Gasteiger partial charge in [0.2, 0.25) is 5.91 Å². The minimum absolute atomic E-state index is 0.0618. The van der Waals surface area contributed by atoms with E-state index in [0.717, 1.165) is 5.56 Å². The summed E-state index contributed by atoms with van der Waals surface area (Å²) in [5, 5.41) is 11.8. The molecule has 1 aromatic rings. The Morgan fingerprint density at radius 2 is 2.29 bits per heavy atom. The molecular weight excluding hydrogens is 236 g/mol. The third-order valence-electron chi connectivity index (χ3n) is 1.95. The maximum absolute atomic E-state index is 10.6. The summed E-state index contributed by atoms with van der Waals surface area (Å²) < 4.78 is 0. The Morgan fingerprint density at radius 3 is 2.88 bits per heavy atom. The zero-order valence-corrected chi connectivity index (χ0v) is 10.1. The summed E-state index contributed by atoms with van der Waals surface area (Å²) in [7, 11) is 0. The highest BCUT2D eigenvalue weighted by Crippen LogP contribution is 2.16. The molecule has 0 aliphatic rings. The average Bonchev–Trinajstić information content (AvgIpc) is 2.28. The smallest absolute Gasteiger partial charge is 0.216 e. The van der Waals surface area contributed by atoms with Gasteiger partial charge in [-0.25, -0.2) is 0 Å². The minimum Gasteiger partial charge on any atom is -0.355 e. The maximum Gasteiger partial charge on any atom is 0.216 e. The van der Waals surface area contributed by atoms with Crippen LogP contribution in [0.15, 0.2) is 18.2 Å². The van der Waals surface area contributed by atoms with Crippen LogP contribution in [0.3, 0.4) is 0 Å². The molecule has 0 radical (unpaired) electrons. The zero-order chi connectivity index (χ0) is 12.7. The zero-order valence-electron chi connectivity index (χ0n) is 9.38. The van der Waals surface area contributed by atoms with Crippen LogP contribution >= 0.6 is 11.6 Å². The summed E-state index contributed by atoms with van der Waals surface area (Å²) in [6.07, 6.45) is 0.581. The van der Waals surface area contributed by atoms with Crippen LogP contribution in [0.5, 0.6) is 0 Å². The van der Waals surface area contributed by atoms with Crippen molar-refractivity contribution in [2.45, 2.75) is 13.3 Å². The number of nitriles is 1. The van der Waals surface area contributed by atoms with Gasteiger partial charge >= 0.3 is 0 Å². The van der Waals surface area contributed by atoms with Crippen LogP contribution in [-0.2, 0) is 4.79 Å². The number of hydrogen-bond donors (Lipinski definition) is 1. The largest absolute Gasteiger partial charge is 0.355 e. The highest BCUT2D eigenvalue weighted by molar-refractivity contribution is 6.31. The van der Waals surface area contributed by atoms with Gasteiger partial charge in [0, 0.05) is 25.5 Å². The first-order chi connectivity index (χ1) is 8.13. The normalized spacial score (nSPS) is 8.76. The van der Waals surface area contributed by atoms with E-state index in [-0.39, 0.29) is 5.91 Å². The molecule has 0 aliphatic heterocycles. The molecule has 0 aliphatic carbocycles. The summed E-state index contributed by atoms with van der Waals surface area (Å²) in [6.45, 7) is 2.00. The Hall–Kier alpha value is -1.97. The molecule has 1 amide bonds. The number of benzene rings is 1. The van der Waals surface area contributed by atoms with Crippen LogP contribution in [0.1, 0.15) is 24.5 Å². The number of halogens is 1. The monoisotopic (exact) mass is 246 g/mol. The predicted octanol–water partition coefficient (Wildman–Crippen LogP) is 2.09. The Kier molecular flexibility index (Phi) is 5.07. The molecule has 0 aromatic heterocycles. The molecule has 0 bridgehead atoms. The minimum atomic E-state index is -0.0618. The summed E-state index contributed by atoms with van der Waals surface area (Å²) in [4.78, 5) is 10.6. The van der Waals surface area contributed by atoms with E-state index in [0.29, 0.717) is 23.6 Å². The lowest BCUT2D eigenvalue weighted by Gasteiger charge is -1.96. The molecule has 1 N–H and O–H groups in total. The maximum atomic E-state index is 10.6. The van der Waals surface area contributed by atoms with Gasteiger partial charge in [0.05, 0.1) is 10.6 Å². The lowest BCUT2D eigenvalue weighted by Crippen LogP contribution is -2.20. The second-order valence-electron chi connectivity index (χ2n) is 3.34. The van der Waals surface area contributed by atoms with E-state index >= 15 is 0 Å². The van der Waals surface area contributed by atoms with Gasteiger partial charge in [-0.15, -0.1) is 0 Å². The standard InChI is InChI=1S/C13H11ClN2O/c1-10(17)16-7-3-2-4-11-5-6-12(9-15)13(14)8-11/h5-6,8H,3,7H2,1H3,(H,16,17). The predicted molar refractivity (Wildman–Crippen MR) is 66.3 cm³/mol. The SMILES string of the molecule is CC(=O)NCCC#Cc1ccc(C#N)c(Cl)c1. The third-order valence-corrected chi connectivity index (χ3v) is 2.26. The number of nitrogens with one attached hydrogen (secondary N) is 1. The van der Waals surface area contributed by atoms with E-state index in [1.54, 1.807) is 18.2 Å². The lowest BCUT2D eigenvalue weighted by atomic mass is 10.1. The molecule has 0 spiro atoms. The summed E-state index contributed by atoms with van der Waals surface area (Å²) in [6, 6.07) is 7.03. The molecule has 4 heteroatoms. The topological polar surface area (TPSA) is 52.9 Å². The first kappa shape index (κ1) is 13.1. The van der Waals surface area contributed by atoms with E-state index < -0.39 is 0 Å². The molecule has 0 unspecified atom stereocenters. The van der Waals surface area contributed by atoms with E-state index in [1.807, 2.05) is 6.07 Å². The summed E-state index contributed by atoms with van der Waals surface area (Å²) in [5.74, 6) is 5.77. The van der Waals surface area contributed by atoms with Crippen molar-refractivity contribution in [3.63, 3.8) is 0 Å². The van der Waals surface area contributed by atoms with Crippen molar-refractivity contribution < 1.29 is 4.79 Å². The Balaban J connectivity index is 2.58. The number of carbonyl (C=O) groups excluding carboxylic acids is 1. The highest BCUT2D eigenvalue weighted by Gasteiger charge is 1.98. The van der Waals surface area contributed by atoms with Crippen molar-refractivity contribution in [3.05, 3.63) is 34.3 Å². The summed E-state index contributed by atoms with van der Waals surface area (Å²) >= 11 is 5.86. The number of hydrogen-bond acceptors (Lipinski definition) is 2. The van der Waals surface area contributed by atoms with Gasteiger partial charge in [-0.05, 0) is 18.2 Å². The molecule has 0 fully saturated rings. The molecule has 0 atom stereocenters. The fourth-order valence-corrected chi connectivity index (χ4v) is 1.37. The first-order valence-corrected chi connectivity index (χ1v) is 5.44.